The van der Waals surface area contributed by atoms with Crippen LogP contribution in [-0.2, 0) is 24.3 Å². The van der Waals surface area contributed by atoms with Crippen LogP contribution >= 0.6 is 11.7 Å². The van der Waals surface area contributed by atoms with Crippen LogP contribution in [0.4, 0.5) is 10.1 Å². The molecule has 1 N–H and O–H groups in total. The summed E-state index contributed by atoms with van der Waals surface area (Å²) in [4.78, 5) is 24.7. The molecule has 2 aromatic carbocycles. The van der Waals surface area contributed by atoms with Gasteiger partial charge in [-0.1, -0.05) is 6.07 Å². The van der Waals surface area contributed by atoms with Crippen molar-refractivity contribution in [2.24, 2.45) is 5.92 Å². The molecule has 168 valence electrons. The van der Waals surface area contributed by atoms with Crippen LogP contribution < -0.4 is 5.32 Å². The van der Waals surface area contributed by atoms with Gasteiger partial charge in [0.2, 0.25) is 10.0 Å². The largest absolute Gasteiger partial charge is 0.455 e. The minimum atomic E-state index is -3.86. The zero-order chi connectivity index (χ0) is 22.7. The highest BCUT2D eigenvalue weighted by molar-refractivity contribution is 7.89. The number of nitrogens with one attached hydrogen (secondary N) is 1. The van der Waals surface area contributed by atoms with E-state index in [-0.39, 0.29) is 18.0 Å². The third-order valence-corrected chi connectivity index (χ3v) is 7.50. The molecule has 1 unspecified atom stereocenters. The number of fused-ring (bicyclic) bond motifs is 1. The number of carbonyl (C=O) groups excluding carboxylic acids is 2. The summed E-state index contributed by atoms with van der Waals surface area (Å²) in [6, 6.07) is 9.69. The SMILES string of the molecule is O=C(COC(=O)C1CCCN(S(=O)(=O)c2ccc(F)cc2)C1)Nc1cccc2nsnc12. The van der Waals surface area contributed by atoms with Crippen LogP contribution in [0.25, 0.3) is 11.0 Å². The van der Waals surface area contributed by atoms with E-state index in [4.69, 9.17) is 4.74 Å². The minimum absolute atomic E-state index is 0.0435. The van der Waals surface area contributed by atoms with Gasteiger partial charge in [-0.3, -0.25) is 9.59 Å². The van der Waals surface area contributed by atoms with Crippen molar-refractivity contribution in [1.82, 2.24) is 13.1 Å². The van der Waals surface area contributed by atoms with Crippen molar-refractivity contribution < 1.29 is 27.1 Å². The molecule has 1 atom stereocenters. The van der Waals surface area contributed by atoms with Crippen LogP contribution in [-0.4, -0.2) is 53.0 Å². The summed E-state index contributed by atoms with van der Waals surface area (Å²) in [7, 11) is -3.86. The summed E-state index contributed by atoms with van der Waals surface area (Å²) >= 11 is 1.02. The van der Waals surface area contributed by atoms with Crippen molar-refractivity contribution >= 4 is 50.3 Å². The molecule has 0 bridgehead atoms. The Balaban J connectivity index is 1.34. The van der Waals surface area contributed by atoms with Gasteiger partial charge in [-0.2, -0.15) is 13.1 Å². The van der Waals surface area contributed by atoms with Crippen molar-refractivity contribution in [3.63, 3.8) is 0 Å². The Morgan fingerprint density at radius 2 is 1.97 bits per heavy atom. The maximum absolute atomic E-state index is 13.1. The number of esters is 1. The van der Waals surface area contributed by atoms with Crippen molar-refractivity contribution in [2.45, 2.75) is 17.7 Å². The summed E-state index contributed by atoms with van der Waals surface area (Å²) in [5.41, 5.74) is 1.66. The van der Waals surface area contributed by atoms with E-state index in [1.165, 1.54) is 16.4 Å². The molecule has 1 aliphatic heterocycles. The predicted molar refractivity (Wildman–Crippen MR) is 115 cm³/mol. The molecule has 1 saturated heterocycles. The van der Waals surface area contributed by atoms with Gasteiger partial charge in [0.05, 0.1) is 28.2 Å². The van der Waals surface area contributed by atoms with Crippen molar-refractivity contribution in [3.8, 4) is 0 Å². The van der Waals surface area contributed by atoms with Gasteiger partial charge >= 0.3 is 5.97 Å². The number of benzene rings is 2. The van der Waals surface area contributed by atoms with Crippen LogP contribution in [0.15, 0.2) is 47.4 Å². The molecule has 3 aromatic rings. The summed E-state index contributed by atoms with van der Waals surface area (Å²) in [5.74, 6) is -2.42. The minimum Gasteiger partial charge on any atom is -0.455 e. The fourth-order valence-electron chi connectivity index (χ4n) is 3.46. The number of halogens is 1. The summed E-state index contributed by atoms with van der Waals surface area (Å²) in [6.45, 7) is -0.326. The highest BCUT2D eigenvalue weighted by Gasteiger charge is 2.34. The van der Waals surface area contributed by atoms with Crippen LogP contribution in [0.3, 0.4) is 0 Å². The summed E-state index contributed by atoms with van der Waals surface area (Å²) in [5, 5.41) is 2.64. The van der Waals surface area contributed by atoms with Crippen molar-refractivity contribution in [1.29, 1.82) is 0 Å². The topological polar surface area (TPSA) is 119 Å². The highest BCUT2D eigenvalue weighted by Crippen LogP contribution is 2.25. The Kier molecular flexibility index (Phi) is 6.44. The van der Waals surface area contributed by atoms with Gasteiger partial charge in [0.1, 0.15) is 16.9 Å². The lowest BCUT2D eigenvalue weighted by molar-refractivity contribution is -0.152. The zero-order valence-corrected chi connectivity index (χ0v) is 18.4. The first-order chi connectivity index (χ1) is 15.3. The second-order valence-corrected chi connectivity index (χ2v) is 9.72. The number of hydrogen-bond acceptors (Lipinski definition) is 8. The third-order valence-electron chi connectivity index (χ3n) is 5.07. The molecular formula is C20H19FN4O5S2. The molecule has 0 saturated carbocycles. The fraction of sp³-hybridized carbons (Fsp3) is 0.300. The zero-order valence-electron chi connectivity index (χ0n) is 16.7. The van der Waals surface area contributed by atoms with Gasteiger partial charge in [0, 0.05) is 13.1 Å². The van der Waals surface area contributed by atoms with Crippen molar-refractivity contribution in [2.75, 3.05) is 25.0 Å². The van der Waals surface area contributed by atoms with Gasteiger partial charge in [0.25, 0.3) is 5.91 Å². The van der Waals surface area contributed by atoms with Gasteiger partial charge in [-0.15, -0.1) is 0 Å². The number of amides is 1. The maximum Gasteiger partial charge on any atom is 0.310 e. The average Bonchev–Trinajstić information content (AvgIpc) is 3.28. The number of anilines is 1. The molecule has 1 aromatic heterocycles. The molecule has 32 heavy (non-hydrogen) atoms. The molecule has 2 heterocycles. The quantitative estimate of drug-likeness (QED) is 0.541. The Morgan fingerprint density at radius 3 is 2.75 bits per heavy atom. The second-order valence-electron chi connectivity index (χ2n) is 7.25. The number of piperidine rings is 1. The lowest BCUT2D eigenvalue weighted by Gasteiger charge is -2.30. The van der Waals surface area contributed by atoms with E-state index in [0.29, 0.717) is 29.6 Å². The normalized spacial score (nSPS) is 17.2. The smallest absolute Gasteiger partial charge is 0.310 e. The molecule has 9 nitrogen and oxygen atoms in total. The predicted octanol–water partition coefficient (Wildman–Crippen LogP) is 2.41. The Labute approximate surface area is 187 Å². The number of rotatable bonds is 6. The first kappa shape index (κ1) is 22.2. The molecule has 4 rings (SSSR count). The number of aromatic nitrogens is 2. The Hall–Kier alpha value is -2.96. The van der Waals surface area contributed by atoms with Crippen LogP contribution in [0, 0.1) is 11.7 Å². The first-order valence-corrected chi connectivity index (χ1v) is 11.9. The number of ether oxygens (including phenoxy) is 1. The van der Waals surface area contributed by atoms with Crippen LogP contribution in [0.5, 0.6) is 0 Å². The van der Waals surface area contributed by atoms with Gasteiger partial charge in [-0.05, 0) is 49.2 Å². The van der Waals surface area contributed by atoms with Gasteiger partial charge in [0.15, 0.2) is 6.61 Å². The number of carbonyl (C=O) groups is 2. The van der Waals surface area contributed by atoms with E-state index >= 15 is 0 Å². The van der Waals surface area contributed by atoms with E-state index < -0.39 is 40.2 Å². The highest BCUT2D eigenvalue weighted by atomic mass is 32.2. The van der Waals surface area contributed by atoms with E-state index in [0.717, 1.165) is 23.9 Å². The average molecular weight is 479 g/mol. The maximum atomic E-state index is 13.1. The molecule has 1 aliphatic rings. The summed E-state index contributed by atoms with van der Waals surface area (Å²) < 4.78 is 53.3. The number of sulfonamides is 1. The molecule has 0 radical (unpaired) electrons. The molecule has 0 spiro atoms. The monoisotopic (exact) mass is 478 g/mol. The standard InChI is InChI=1S/C20H19FN4O5S2/c21-14-6-8-15(9-7-14)32(28,29)25-10-2-3-13(11-25)20(27)30-12-18(26)22-16-4-1-5-17-19(16)24-31-23-17/h1,4-9,13H,2-3,10-12H2,(H,22,26). The lowest BCUT2D eigenvalue weighted by Crippen LogP contribution is -2.43. The van der Waals surface area contributed by atoms with Crippen LogP contribution in [0.1, 0.15) is 12.8 Å². The number of nitrogens with zero attached hydrogens (tertiary/aromatic N) is 3. The molecule has 1 fully saturated rings. The second kappa shape index (κ2) is 9.27. The molecule has 12 heteroatoms. The van der Waals surface area contributed by atoms with E-state index in [1.807, 2.05) is 0 Å². The number of hydrogen-bond donors (Lipinski definition) is 1. The molecule has 0 aliphatic carbocycles. The van der Waals surface area contributed by atoms with Gasteiger partial charge in [-0.25, -0.2) is 12.8 Å². The van der Waals surface area contributed by atoms with Crippen molar-refractivity contribution in [3.05, 3.63) is 48.3 Å². The first-order valence-electron chi connectivity index (χ1n) is 9.78. The molecular weight excluding hydrogens is 459 g/mol. The Morgan fingerprint density at radius 1 is 1.19 bits per heavy atom. The van der Waals surface area contributed by atoms with Crippen LogP contribution in [0.2, 0.25) is 0 Å². The summed E-state index contributed by atoms with van der Waals surface area (Å²) in [6.07, 6.45) is 0.908. The lowest BCUT2D eigenvalue weighted by atomic mass is 10.00. The third kappa shape index (κ3) is 4.76. The van der Waals surface area contributed by atoms with Gasteiger partial charge < -0.3 is 10.1 Å². The Bertz CT molecular complexity index is 1250. The molecule has 1 amide bonds. The van der Waals surface area contributed by atoms with E-state index in [1.54, 1.807) is 18.2 Å². The fourth-order valence-corrected chi connectivity index (χ4v) is 5.53. The van der Waals surface area contributed by atoms with E-state index in [2.05, 4.69) is 14.1 Å². The van der Waals surface area contributed by atoms with E-state index in [9.17, 15) is 22.4 Å².